The number of hydrogen-bond donors (Lipinski definition) is 0. The fourth-order valence-corrected chi connectivity index (χ4v) is 3.48. The van der Waals surface area contributed by atoms with Crippen molar-refractivity contribution < 1.29 is 9.18 Å². The molecule has 1 aliphatic heterocycles. The molecule has 0 N–H and O–H groups in total. The first kappa shape index (κ1) is 18.6. The van der Waals surface area contributed by atoms with Gasteiger partial charge >= 0.3 is 0 Å². The molecule has 1 saturated heterocycles. The van der Waals surface area contributed by atoms with Crippen LogP contribution in [0, 0.1) is 5.82 Å². The van der Waals surface area contributed by atoms with E-state index in [1.54, 1.807) is 23.0 Å². The summed E-state index contributed by atoms with van der Waals surface area (Å²) >= 11 is 0. The molecule has 5 nitrogen and oxygen atoms in total. The third kappa shape index (κ3) is 3.65. The van der Waals surface area contributed by atoms with Crippen molar-refractivity contribution in [1.82, 2.24) is 19.6 Å². The van der Waals surface area contributed by atoms with E-state index in [0.717, 1.165) is 37.6 Å². The van der Waals surface area contributed by atoms with Gasteiger partial charge in [0, 0.05) is 32.2 Å². The number of piperazine rings is 1. The molecule has 0 bridgehead atoms. The van der Waals surface area contributed by atoms with Gasteiger partial charge in [-0.2, -0.15) is 5.10 Å². The van der Waals surface area contributed by atoms with E-state index in [-0.39, 0.29) is 17.6 Å². The van der Waals surface area contributed by atoms with Gasteiger partial charge in [0.1, 0.15) is 5.82 Å². The van der Waals surface area contributed by atoms with Gasteiger partial charge in [-0.3, -0.25) is 9.69 Å². The molecule has 140 valence electrons. The Kier molecular flexibility index (Phi) is 5.41. The zero-order chi connectivity index (χ0) is 18.8. The quantitative estimate of drug-likeness (QED) is 0.842. The number of rotatable bonds is 4. The summed E-state index contributed by atoms with van der Waals surface area (Å²) in [6.45, 7) is 11.7. The van der Waals surface area contributed by atoms with Crippen molar-refractivity contribution in [1.29, 1.82) is 0 Å². The number of halogens is 1. The predicted octanol–water partition coefficient (Wildman–Crippen LogP) is 3.30. The number of amides is 1. The molecule has 0 radical (unpaired) electrons. The van der Waals surface area contributed by atoms with Gasteiger partial charge in [0.2, 0.25) is 0 Å². The van der Waals surface area contributed by atoms with Crippen LogP contribution in [0.4, 0.5) is 4.39 Å². The first-order valence-electron chi connectivity index (χ1n) is 9.25. The summed E-state index contributed by atoms with van der Waals surface area (Å²) in [5.41, 5.74) is 2.27. The van der Waals surface area contributed by atoms with E-state index >= 15 is 0 Å². The second kappa shape index (κ2) is 7.58. The van der Waals surface area contributed by atoms with Crippen LogP contribution in [0.3, 0.4) is 0 Å². The highest BCUT2D eigenvalue weighted by Crippen LogP contribution is 2.25. The van der Waals surface area contributed by atoms with Crippen LogP contribution in [0.2, 0.25) is 0 Å². The van der Waals surface area contributed by atoms with Crippen LogP contribution in [0.15, 0.2) is 30.5 Å². The van der Waals surface area contributed by atoms with Crippen LogP contribution >= 0.6 is 0 Å². The van der Waals surface area contributed by atoms with Crippen LogP contribution in [0.25, 0.3) is 5.69 Å². The molecule has 0 spiro atoms. The van der Waals surface area contributed by atoms with E-state index in [9.17, 15) is 9.18 Å². The lowest BCUT2D eigenvalue weighted by Gasteiger charge is -2.37. The Hall–Kier alpha value is -2.21. The molecule has 0 unspecified atom stereocenters. The Morgan fingerprint density at radius 1 is 1.04 bits per heavy atom. The summed E-state index contributed by atoms with van der Waals surface area (Å²) in [5, 5.41) is 4.43. The predicted molar refractivity (Wildman–Crippen MR) is 100 cm³/mol. The van der Waals surface area contributed by atoms with Gasteiger partial charge in [-0.15, -0.1) is 0 Å². The number of benzene rings is 1. The van der Waals surface area contributed by atoms with Gasteiger partial charge in [0.05, 0.1) is 23.1 Å². The van der Waals surface area contributed by atoms with Crippen molar-refractivity contribution in [3.63, 3.8) is 0 Å². The van der Waals surface area contributed by atoms with Gasteiger partial charge in [0.25, 0.3) is 5.91 Å². The highest BCUT2D eigenvalue weighted by Gasteiger charge is 2.28. The van der Waals surface area contributed by atoms with Crippen LogP contribution in [-0.2, 0) is 0 Å². The molecule has 0 saturated carbocycles. The maximum atomic E-state index is 13.2. The number of aromatic nitrogens is 2. The third-order valence-corrected chi connectivity index (χ3v) is 4.99. The average molecular weight is 358 g/mol. The van der Waals surface area contributed by atoms with Crippen molar-refractivity contribution in [3.05, 3.63) is 47.5 Å². The van der Waals surface area contributed by atoms with E-state index in [1.165, 1.54) is 12.1 Å². The molecule has 26 heavy (non-hydrogen) atoms. The van der Waals surface area contributed by atoms with Gasteiger partial charge in [0.15, 0.2) is 0 Å². The first-order valence-corrected chi connectivity index (χ1v) is 9.25. The first-order chi connectivity index (χ1) is 12.4. The molecule has 2 aromatic rings. The molecule has 3 rings (SSSR count). The summed E-state index contributed by atoms with van der Waals surface area (Å²) in [5.74, 6) is -0.129. The summed E-state index contributed by atoms with van der Waals surface area (Å²) in [6.07, 6.45) is 1.65. The summed E-state index contributed by atoms with van der Waals surface area (Å²) in [4.78, 5) is 17.4. The van der Waals surface area contributed by atoms with E-state index in [0.29, 0.717) is 11.6 Å². The second-order valence-corrected chi connectivity index (χ2v) is 7.41. The SMILES string of the molecule is CC(C)c1c(C(=O)N2CCN(C(C)C)CC2)cnn1-c1ccc(F)cc1. The normalized spacial score (nSPS) is 15.9. The number of nitrogens with zero attached hydrogens (tertiary/aromatic N) is 4. The van der Waals surface area contributed by atoms with Crippen molar-refractivity contribution in [2.75, 3.05) is 26.2 Å². The van der Waals surface area contributed by atoms with Crippen molar-refractivity contribution in [3.8, 4) is 5.69 Å². The van der Waals surface area contributed by atoms with E-state index in [4.69, 9.17) is 0 Å². The van der Waals surface area contributed by atoms with Crippen molar-refractivity contribution in [2.45, 2.75) is 39.7 Å². The molecule has 1 amide bonds. The highest BCUT2D eigenvalue weighted by molar-refractivity contribution is 5.95. The summed E-state index contributed by atoms with van der Waals surface area (Å²) in [6, 6.07) is 6.69. The lowest BCUT2D eigenvalue weighted by molar-refractivity contribution is 0.0594. The Balaban J connectivity index is 1.86. The average Bonchev–Trinajstić information content (AvgIpc) is 3.07. The molecule has 1 aromatic heterocycles. The minimum atomic E-state index is -0.286. The highest BCUT2D eigenvalue weighted by atomic mass is 19.1. The fraction of sp³-hybridized carbons (Fsp3) is 0.500. The minimum absolute atomic E-state index is 0.0328. The third-order valence-electron chi connectivity index (χ3n) is 4.99. The van der Waals surface area contributed by atoms with Gasteiger partial charge in [-0.1, -0.05) is 13.8 Å². The Bertz CT molecular complexity index is 759. The van der Waals surface area contributed by atoms with Crippen molar-refractivity contribution in [2.24, 2.45) is 0 Å². The monoisotopic (exact) mass is 358 g/mol. The van der Waals surface area contributed by atoms with Gasteiger partial charge < -0.3 is 4.90 Å². The summed E-state index contributed by atoms with van der Waals surface area (Å²) in [7, 11) is 0. The Morgan fingerprint density at radius 3 is 2.19 bits per heavy atom. The molecule has 1 aliphatic rings. The van der Waals surface area contributed by atoms with E-state index in [1.807, 2.05) is 18.7 Å². The fourth-order valence-electron chi connectivity index (χ4n) is 3.48. The van der Waals surface area contributed by atoms with Gasteiger partial charge in [-0.25, -0.2) is 9.07 Å². The summed E-state index contributed by atoms with van der Waals surface area (Å²) < 4.78 is 15.0. The van der Waals surface area contributed by atoms with Gasteiger partial charge in [-0.05, 0) is 44.0 Å². The zero-order valence-corrected chi connectivity index (χ0v) is 15.9. The molecule has 1 aromatic carbocycles. The smallest absolute Gasteiger partial charge is 0.257 e. The molecule has 0 aliphatic carbocycles. The lowest BCUT2D eigenvalue weighted by atomic mass is 10.0. The lowest BCUT2D eigenvalue weighted by Crippen LogP contribution is -2.50. The zero-order valence-electron chi connectivity index (χ0n) is 15.9. The largest absolute Gasteiger partial charge is 0.336 e. The Labute approximate surface area is 154 Å². The number of carbonyl (C=O) groups excluding carboxylic acids is 1. The standard InChI is InChI=1S/C20H27FN4O/c1-14(2)19-18(13-22-25(19)17-7-5-16(21)6-8-17)20(26)24-11-9-23(10-12-24)15(3)4/h5-8,13-15H,9-12H2,1-4H3. The van der Waals surface area contributed by atoms with Crippen LogP contribution in [0.5, 0.6) is 0 Å². The van der Waals surface area contributed by atoms with Crippen LogP contribution in [-0.4, -0.2) is 57.7 Å². The molecule has 1 fully saturated rings. The topological polar surface area (TPSA) is 41.4 Å². The molecular formula is C20H27FN4O. The van der Waals surface area contributed by atoms with Crippen LogP contribution < -0.4 is 0 Å². The number of carbonyl (C=O) groups is 1. The van der Waals surface area contributed by atoms with Crippen molar-refractivity contribution >= 4 is 5.91 Å². The minimum Gasteiger partial charge on any atom is -0.336 e. The van der Waals surface area contributed by atoms with E-state index in [2.05, 4.69) is 23.8 Å². The second-order valence-electron chi connectivity index (χ2n) is 7.41. The van der Waals surface area contributed by atoms with E-state index < -0.39 is 0 Å². The molecule has 2 heterocycles. The van der Waals surface area contributed by atoms with Crippen LogP contribution in [0.1, 0.15) is 49.7 Å². The molecular weight excluding hydrogens is 331 g/mol. The molecule has 0 atom stereocenters. The molecule has 6 heteroatoms. The number of hydrogen-bond acceptors (Lipinski definition) is 3. The Morgan fingerprint density at radius 2 is 1.65 bits per heavy atom. The maximum Gasteiger partial charge on any atom is 0.257 e. The maximum absolute atomic E-state index is 13.2.